The molecule has 3 aromatic carbocycles. The van der Waals surface area contributed by atoms with Crippen molar-refractivity contribution in [2.24, 2.45) is 5.92 Å². The summed E-state index contributed by atoms with van der Waals surface area (Å²) in [4.78, 5) is 55.1. The Morgan fingerprint density at radius 1 is 0.950 bits per heavy atom. The minimum absolute atomic E-state index is 0.303. The van der Waals surface area contributed by atoms with E-state index >= 15 is 0 Å². The smallest absolute Gasteiger partial charge is 0.308 e. The zero-order valence-electron chi connectivity index (χ0n) is 20.3. The molecule has 1 aromatic heterocycles. The van der Waals surface area contributed by atoms with E-state index in [9.17, 15) is 23.6 Å². The van der Waals surface area contributed by atoms with Gasteiger partial charge in [0.05, 0.1) is 16.6 Å². The Bertz CT molecular complexity index is 1710. The molecule has 6 rings (SSSR count). The van der Waals surface area contributed by atoms with E-state index in [0.717, 1.165) is 33.1 Å². The van der Waals surface area contributed by atoms with Crippen molar-refractivity contribution < 1.29 is 18.8 Å². The number of fused-ring (bicyclic) bond motifs is 2. The van der Waals surface area contributed by atoms with E-state index in [1.807, 2.05) is 24.3 Å². The second-order valence-electron chi connectivity index (χ2n) is 9.26. The summed E-state index contributed by atoms with van der Waals surface area (Å²) in [7, 11) is 0. The number of thioether (sulfide) groups is 1. The van der Waals surface area contributed by atoms with Crippen molar-refractivity contribution in [2.45, 2.75) is 22.7 Å². The first-order valence-corrected chi connectivity index (χ1v) is 14.9. The average molecular weight is 659 g/mol. The highest BCUT2D eigenvalue weighted by Crippen LogP contribution is 2.54. The van der Waals surface area contributed by atoms with E-state index in [1.165, 1.54) is 33.7 Å². The van der Waals surface area contributed by atoms with Crippen LogP contribution in [0.15, 0.2) is 87.1 Å². The SMILES string of the molecule is O=C(Cn1c2c(sc1=O)C(c1ccc(Br)cc1)C1C(=O)N(c3ccc(Cl)cc3)C(=O)C1S2)Nc1ccc(F)cc1. The number of hydrogen-bond acceptors (Lipinski definition) is 6. The Morgan fingerprint density at radius 2 is 1.62 bits per heavy atom. The first-order chi connectivity index (χ1) is 19.2. The summed E-state index contributed by atoms with van der Waals surface area (Å²) in [6.07, 6.45) is 0. The molecule has 1 N–H and O–H groups in total. The Labute approximate surface area is 249 Å². The number of anilines is 2. The number of nitrogens with zero attached hydrogens (tertiary/aromatic N) is 2. The number of thiazole rings is 1. The summed E-state index contributed by atoms with van der Waals surface area (Å²) in [6.45, 7) is -0.303. The number of benzene rings is 3. The highest BCUT2D eigenvalue weighted by Gasteiger charge is 2.56. The van der Waals surface area contributed by atoms with Gasteiger partial charge >= 0.3 is 4.87 Å². The van der Waals surface area contributed by atoms with Gasteiger partial charge in [-0.15, -0.1) is 0 Å². The molecule has 3 amide bonds. The fourth-order valence-corrected chi connectivity index (χ4v) is 8.17. The summed E-state index contributed by atoms with van der Waals surface area (Å²) < 4.78 is 15.5. The maximum atomic E-state index is 13.9. The summed E-state index contributed by atoms with van der Waals surface area (Å²) in [5.41, 5.74) is 1.59. The quantitative estimate of drug-likeness (QED) is 0.270. The van der Waals surface area contributed by atoms with E-state index in [-0.39, 0.29) is 17.3 Å². The molecule has 3 unspecified atom stereocenters. The molecule has 0 spiro atoms. The second kappa shape index (κ2) is 10.6. The van der Waals surface area contributed by atoms with Crippen LogP contribution in [0, 0.1) is 11.7 Å². The molecule has 1 saturated heterocycles. The van der Waals surface area contributed by atoms with Crippen LogP contribution in [0.4, 0.5) is 15.8 Å². The fraction of sp³-hybridized carbons (Fsp3) is 0.143. The molecule has 2 aliphatic rings. The largest absolute Gasteiger partial charge is 0.325 e. The van der Waals surface area contributed by atoms with Crippen LogP contribution in [0.1, 0.15) is 16.4 Å². The van der Waals surface area contributed by atoms with Crippen molar-refractivity contribution in [3.05, 3.63) is 108 Å². The summed E-state index contributed by atoms with van der Waals surface area (Å²) >= 11 is 11.6. The van der Waals surface area contributed by atoms with Crippen LogP contribution in [0.25, 0.3) is 0 Å². The summed E-state index contributed by atoms with van der Waals surface area (Å²) in [5.74, 6) is -2.98. The van der Waals surface area contributed by atoms with Crippen LogP contribution in [-0.4, -0.2) is 27.5 Å². The Kier molecular flexibility index (Phi) is 7.16. The van der Waals surface area contributed by atoms with Crippen molar-refractivity contribution in [1.29, 1.82) is 0 Å². The van der Waals surface area contributed by atoms with Crippen molar-refractivity contribution in [3.63, 3.8) is 0 Å². The monoisotopic (exact) mass is 657 g/mol. The maximum Gasteiger partial charge on any atom is 0.308 e. The molecule has 4 aromatic rings. The van der Waals surface area contributed by atoms with Gasteiger partial charge in [0.15, 0.2) is 0 Å². The standard InChI is InChI=1S/C28H18BrClFN3O4S2/c29-15-3-1-14(2-4-15)21-22-23(26(37)34(25(22)36)19-11-5-16(30)6-12-19)39-27-24(21)40-28(38)33(27)13-20(35)32-18-9-7-17(31)8-10-18/h1-12,21-23H,13H2,(H,32,35). The normalized spacial score (nSPS) is 19.9. The van der Waals surface area contributed by atoms with Crippen LogP contribution in [-0.2, 0) is 20.9 Å². The molecule has 202 valence electrons. The highest BCUT2D eigenvalue weighted by atomic mass is 79.9. The van der Waals surface area contributed by atoms with Gasteiger partial charge in [0, 0.05) is 26.0 Å². The Balaban J connectivity index is 1.40. The molecule has 1 fully saturated rings. The molecular formula is C28H18BrClFN3O4S2. The molecule has 40 heavy (non-hydrogen) atoms. The third-order valence-corrected chi connectivity index (χ3v) is 10.2. The minimum Gasteiger partial charge on any atom is -0.325 e. The fourth-order valence-electron chi connectivity index (χ4n) is 5.01. The number of aromatic nitrogens is 1. The van der Waals surface area contributed by atoms with Gasteiger partial charge in [0.25, 0.3) is 0 Å². The van der Waals surface area contributed by atoms with Crippen LogP contribution < -0.4 is 15.1 Å². The molecule has 7 nitrogen and oxygen atoms in total. The lowest BCUT2D eigenvalue weighted by Gasteiger charge is -2.30. The van der Waals surface area contributed by atoms with E-state index in [0.29, 0.717) is 26.3 Å². The molecule has 3 atom stereocenters. The van der Waals surface area contributed by atoms with Gasteiger partial charge in [-0.25, -0.2) is 9.29 Å². The van der Waals surface area contributed by atoms with Gasteiger partial charge in [-0.1, -0.05) is 62.8 Å². The van der Waals surface area contributed by atoms with Gasteiger partial charge in [-0.2, -0.15) is 0 Å². The molecule has 3 heterocycles. The first kappa shape index (κ1) is 26.9. The van der Waals surface area contributed by atoms with E-state index < -0.39 is 34.7 Å². The van der Waals surface area contributed by atoms with Crippen molar-refractivity contribution >= 4 is 79.7 Å². The van der Waals surface area contributed by atoms with E-state index in [2.05, 4.69) is 21.2 Å². The van der Waals surface area contributed by atoms with Crippen LogP contribution in [0.3, 0.4) is 0 Å². The van der Waals surface area contributed by atoms with Crippen LogP contribution >= 0.6 is 50.6 Å². The number of carbonyl (C=O) groups excluding carboxylic acids is 3. The molecular weight excluding hydrogens is 641 g/mol. The topological polar surface area (TPSA) is 88.5 Å². The molecule has 12 heteroatoms. The highest BCUT2D eigenvalue weighted by molar-refractivity contribution is 9.10. The van der Waals surface area contributed by atoms with Crippen LogP contribution in [0.5, 0.6) is 0 Å². The zero-order valence-corrected chi connectivity index (χ0v) is 24.3. The number of rotatable bonds is 5. The number of nitrogens with one attached hydrogen (secondary N) is 1. The van der Waals surface area contributed by atoms with E-state index in [1.54, 1.807) is 24.3 Å². The van der Waals surface area contributed by atoms with Crippen molar-refractivity contribution in [2.75, 3.05) is 10.2 Å². The first-order valence-electron chi connectivity index (χ1n) is 12.1. The second-order valence-corrected chi connectivity index (χ2v) is 12.7. The third kappa shape index (κ3) is 4.81. The lowest BCUT2D eigenvalue weighted by atomic mass is 9.83. The summed E-state index contributed by atoms with van der Waals surface area (Å²) in [5, 5.41) is 2.83. The number of halogens is 3. The molecule has 0 saturated carbocycles. The van der Waals surface area contributed by atoms with Gasteiger partial charge in [-0.05, 0) is 66.2 Å². The van der Waals surface area contributed by atoms with Crippen molar-refractivity contribution in [1.82, 2.24) is 4.57 Å². The van der Waals surface area contributed by atoms with Gasteiger partial charge < -0.3 is 5.32 Å². The molecule has 0 aliphatic carbocycles. The Morgan fingerprint density at radius 3 is 2.30 bits per heavy atom. The lowest BCUT2D eigenvalue weighted by molar-refractivity contribution is -0.122. The molecule has 2 aliphatic heterocycles. The minimum atomic E-state index is -0.801. The van der Waals surface area contributed by atoms with Gasteiger partial charge in [-0.3, -0.25) is 23.7 Å². The lowest BCUT2D eigenvalue weighted by Crippen LogP contribution is -2.33. The van der Waals surface area contributed by atoms with Gasteiger partial charge in [0.1, 0.15) is 17.6 Å². The van der Waals surface area contributed by atoms with Crippen molar-refractivity contribution in [3.8, 4) is 0 Å². The molecule has 0 bridgehead atoms. The Hall–Kier alpha value is -3.25. The summed E-state index contributed by atoms with van der Waals surface area (Å²) in [6, 6.07) is 19.2. The number of hydrogen-bond donors (Lipinski definition) is 1. The van der Waals surface area contributed by atoms with E-state index in [4.69, 9.17) is 11.6 Å². The number of carbonyl (C=O) groups is 3. The average Bonchev–Trinajstić information content (AvgIpc) is 3.37. The predicted molar refractivity (Wildman–Crippen MR) is 157 cm³/mol. The van der Waals surface area contributed by atoms with Gasteiger partial charge in [0.2, 0.25) is 17.7 Å². The van der Waals surface area contributed by atoms with Crippen LogP contribution in [0.2, 0.25) is 5.02 Å². The molecule has 0 radical (unpaired) electrons. The number of imide groups is 1. The maximum absolute atomic E-state index is 13.9. The number of amides is 3. The predicted octanol–water partition coefficient (Wildman–Crippen LogP) is 5.90. The zero-order chi connectivity index (χ0) is 28.1. The third-order valence-electron chi connectivity index (χ3n) is 6.79.